The standard InChI is InChI=1S/C38H50N4/c1-4-30-13-14-34(23-28(30)2)38-19-16-37(17-20-38,18-21-38)27-41(29(3)31-9-6-5-7-10-31)36-24-32(15-22-39-36)33-25-40-42(26-33)35-11-8-12-35/h13-15,22-26,31,35H,3-12,16-21,27H2,1-2H3. The van der Waals surface area contributed by atoms with E-state index >= 15 is 0 Å². The fourth-order valence-electron chi connectivity index (χ4n) is 8.76. The van der Waals surface area contributed by atoms with Crippen molar-refractivity contribution in [2.24, 2.45) is 11.3 Å². The van der Waals surface area contributed by atoms with Gasteiger partial charge in [0.1, 0.15) is 5.82 Å². The van der Waals surface area contributed by atoms with Crippen LogP contribution < -0.4 is 4.90 Å². The summed E-state index contributed by atoms with van der Waals surface area (Å²) in [5.41, 5.74) is 9.05. The molecule has 2 bridgehead atoms. The Bertz CT molecular complexity index is 1400. The number of aryl methyl sites for hydroxylation is 2. The van der Waals surface area contributed by atoms with E-state index in [2.05, 4.69) is 60.0 Å². The molecule has 4 nitrogen and oxygen atoms in total. The molecular weight excluding hydrogens is 512 g/mol. The molecule has 0 N–H and O–H groups in total. The number of hydrogen-bond acceptors (Lipinski definition) is 3. The molecule has 5 saturated carbocycles. The van der Waals surface area contributed by atoms with Gasteiger partial charge in [0, 0.05) is 30.2 Å². The van der Waals surface area contributed by atoms with Crippen LogP contribution in [0.5, 0.6) is 0 Å². The molecule has 222 valence electrons. The first kappa shape index (κ1) is 27.9. The second kappa shape index (κ2) is 11.3. The summed E-state index contributed by atoms with van der Waals surface area (Å²) in [5.74, 6) is 1.66. The van der Waals surface area contributed by atoms with Gasteiger partial charge in [0.2, 0.25) is 0 Å². The number of nitrogens with zero attached hydrogens (tertiary/aromatic N) is 4. The Balaban J connectivity index is 1.14. The van der Waals surface area contributed by atoms with Crippen LogP contribution >= 0.6 is 0 Å². The predicted molar refractivity (Wildman–Crippen MR) is 174 cm³/mol. The number of allylic oxidation sites excluding steroid dienone is 1. The molecule has 0 amide bonds. The molecule has 0 radical (unpaired) electrons. The van der Waals surface area contributed by atoms with Crippen LogP contribution in [0.4, 0.5) is 5.82 Å². The van der Waals surface area contributed by atoms with Gasteiger partial charge >= 0.3 is 0 Å². The summed E-state index contributed by atoms with van der Waals surface area (Å²) in [6.07, 6.45) is 25.7. The largest absolute Gasteiger partial charge is 0.330 e. The van der Waals surface area contributed by atoms with Gasteiger partial charge in [-0.05, 0) is 135 Å². The smallest absolute Gasteiger partial charge is 0.133 e. The van der Waals surface area contributed by atoms with Crippen LogP contribution in [-0.4, -0.2) is 21.3 Å². The van der Waals surface area contributed by atoms with Crippen molar-refractivity contribution in [2.75, 3.05) is 11.4 Å². The SMILES string of the molecule is C=C(C1CCCCC1)N(CC12CCC(c3ccc(CC)c(C)c3)(CC1)CC2)c1cc(-c2cnn(C3CCC3)c2)ccn1. The molecule has 0 atom stereocenters. The lowest BCUT2D eigenvalue weighted by molar-refractivity contribution is 0.0459. The zero-order valence-corrected chi connectivity index (χ0v) is 26.1. The summed E-state index contributed by atoms with van der Waals surface area (Å²) < 4.78 is 2.18. The lowest BCUT2D eigenvalue weighted by atomic mass is 9.51. The number of fused-ring (bicyclic) bond motifs is 3. The summed E-state index contributed by atoms with van der Waals surface area (Å²) in [6, 6.07) is 12.5. The maximum absolute atomic E-state index is 5.02. The van der Waals surface area contributed by atoms with Crippen LogP contribution in [0.25, 0.3) is 11.1 Å². The van der Waals surface area contributed by atoms with Crippen LogP contribution in [-0.2, 0) is 11.8 Å². The van der Waals surface area contributed by atoms with Crippen molar-refractivity contribution in [3.8, 4) is 11.1 Å². The number of rotatable bonds is 9. The minimum absolute atomic E-state index is 0.352. The molecule has 5 fully saturated rings. The molecule has 8 rings (SSSR count). The summed E-state index contributed by atoms with van der Waals surface area (Å²) in [5, 5.41) is 4.73. The van der Waals surface area contributed by atoms with Gasteiger partial charge in [0.15, 0.2) is 0 Å². The third-order valence-corrected chi connectivity index (χ3v) is 12.1. The Labute approximate surface area is 253 Å². The molecular formula is C38H50N4. The molecule has 5 aliphatic rings. The van der Waals surface area contributed by atoms with Crippen LogP contribution in [0, 0.1) is 18.3 Å². The van der Waals surface area contributed by atoms with Crippen molar-refractivity contribution in [1.82, 2.24) is 14.8 Å². The summed E-state index contributed by atoms with van der Waals surface area (Å²) in [7, 11) is 0. The first-order valence-corrected chi connectivity index (χ1v) is 17.0. The molecule has 0 unspecified atom stereocenters. The lowest BCUT2D eigenvalue weighted by Gasteiger charge is -2.55. The van der Waals surface area contributed by atoms with Crippen LogP contribution in [0.2, 0.25) is 0 Å². The van der Waals surface area contributed by atoms with E-state index in [0.717, 1.165) is 18.8 Å². The molecule has 0 aliphatic heterocycles. The van der Waals surface area contributed by atoms with E-state index in [9.17, 15) is 0 Å². The van der Waals surface area contributed by atoms with Crippen molar-refractivity contribution in [3.05, 3.63) is 77.9 Å². The molecule has 5 aliphatic carbocycles. The average molecular weight is 563 g/mol. The number of anilines is 1. The maximum Gasteiger partial charge on any atom is 0.133 e. The topological polar surface area (TPSA) is 34.0 Å². The van der Waals surface area contributed by atoms with Crippen LogP contribution in [0.1, 0.15) is 120 Å². The van der Waals surface area contributed by atoms with E-state index < -0.39 is 0 Å². The van der Waals surface area contributed by atoms with Crippen molar-refractivity contribution in [2.45, 2.75) is 122 Å². The molecule has 2 heterocycles. The van der Waals surface area contributed by atoms with Gasteiger partial charge in [-0.2, -0.15) is 5.10 Å². The third kappa shape index (κ3) is 5.13. The van der Waals surface area contributed by atoms with Gasteiger partial charge in [-0.25, -0.2) is 4.98 Å². The summed E-state index contributed by atoms with van der Waals surface area (Å²) >= 11 is 0. The minimum Gasteiger partial charge on any atom is -0.330 e. The quantitative estimate of drug-likeness (QED) is 0.260. The van der Waals surface area contributed by atoms with Gasteiger partial charge in [-0.15, -0.1) is 0 Å². The van der Waals surface area contributed by atoms with Crippen molar-refractivity contribution in [1.29, 1.82) is 0 Å². The highest BCUT2D eigenvalue weighted by Crippen LogP contribution is 2.58. The molecule has 42 heavy (non-hydrogen) atoms. The molecule has 3 aromatic rings. The van der Waals surface area contributed by atoms with E-state index in [4.69, 9.17) is 16.7 Å². The normalized spacial score (nSPS) is 26.2. The summed E-state index contributed by atoms with van der Waals surface area (Å²) in [6.45, 7) is 10.4. The van der Waals surface area contributed by atoms with E-state index in [0.29, 0.717) is 22.8 Å². The minimum atomic E-state index is 0.352. The van der Waals surface area contributed by atoms with E-state index in [1.807, 2.05) is 12.4 Å². The van der Waals surface area contributed by atoms with Crippen molar-refractivity contribution in [3.63, 3.8) is 0 Å². The fraction of sp³-hybridized carbons (Fsp3) is 0.579. The highest BCUT2D eigenvalue weighted by Gasteiger charge is 2.50. The Morgan fingerprint density at radius 2 is 1.69 bits per heavy atom. The maximum atomic E-state index is 5.02. The average Bonchev–Trinajstić information content (AvgIpc) is 3.49. The Kier molecular flexibility index (Phi) is 7.53. The van der Waals surface area contributed by atoms with Gasteiger partial charge < -0.3 is 4.90 Å². The van der Waals surface area contributed by atoms with Gasteiger partial charge in [0.25, 0.3) is 0 Å². The molecule has 4 heteroatoms. The highest BCUT2D eigenvalue weighted by atomic mass is 15.3. The first-order chi connectivity index (χ1) is 20.5. The van der Waals surface area contributed by atoms with Gasteiger partial charge in [-0.1, -0.05) is 51.0 Å². The predicted octanol–water partition coefficient (Wildman–Crippen LogP) is 9.73. The van der Waals surface area contributed by atoms with Crippen LogP contribution in [0.3, 0.4) is 0 Å². The zero-order chi connectivity index (χ0) is 28.7. The number of benzene rings is 1. The molecule has 0 saturated heterocycles. The van der Waals surface area contributed by atoms with Crippen molar-refractivity contribution < 1.29 is 0 Å². The highest BCUT2D eigenvalue weighted by molar-refractivity contribution is 5.66. The van der Waals surface area contributed by atoms with Gasteiger partial charge in [0.05, 0.1) is 12.2 Å². The second-order valence-corrected chi connectivity index (χ2v) is 14.4. The zero-order valence-electron chi connectivity index (χ0n) is 26.1. The third-order valence-electron chi connectivity index (χ3n) is 12.1. The number of pyridine rings is 1. The van der Waals surface area contributed by atoms with E-state index in [1.54, 1.807) is 5.56 Å². The Morgan fingerprint density at radius 1 is 0.929 bits per heavy atom. The van der Waals surface area contributed by atoms with Crippen molar-refractivity contribution >= 4 is 5.82 Å². The molecule has 1 aromatic carbocycles. The van der Waals surface area contributed by atoms with Gasteiger partial charge in [-0.3, -0.25) is 4.68 Å². The monoisotopic (exact) mass is 562 g/mol. The molecule has 0 spiro atoms. The lowest BCUT2D eigenvalue weighted by Crippen LogP contribution is -2.49. The first-order valence-electron chi connectivity index (χ1n) is 17.0. The number of hydrogen-bond donors (Lipinski definition) is 0. The molecule has 2 aromatic heterocycles. The van der Waals surface area contributed by atoms with E-state index in [1.165, 1.54) is 118 Å². The fourth-order valence-corrected chi connectivity index (χ4v) is 8.76. The van der Waals surface area contributed by atoms with E-state index in [-0.39, 0.29) is 0 Å². The Hall–Kier alpha value is -2.88. The number of aromatic nitrogens is 3. The Morgan fingerprint density at radius 3 is 2.36 bits per heavy atom. The summed E-state index contributed by atoms with van der Waals surface area (Å²) in [4.78, 5) is 7.60. The van der Waals surface area contributed by atoms with Crippen LogP contribution in [0.15, 0.2) is 61.2 Å². The second-order valence-electron chi connectivity index (χ2n) is 14.4.